The molecule has 0 aliphatic carbocycles. The third kappa shape index (κ3) is 3.44. The van der Waals surface area contributed by atoms with Crippen molar-refractivity contribution >= 4 is 56.9 Å². The smallest absolute Gasteiger partial charge is 0.151 e. The Morgan fingerprint density at radius 1 is 0.935 bits per heavy atom. The third-order valence-corrected chi connectivity index (χ3v) is 6.76. The highest BCUT2D eigenvalue weighted by Gasteiger charge is 2.26. The first kappa shape index (κ1) is 19.9. The quantitative estimate of drug-likeness (QED) is 0.294. The zero-order valence-corrected chi connectivity index (χ0v) is 18.9. The summed E-state index contributed by atoms with van der Waals surface area (Å²) in [7, 11) is 3.38. The van der Waals surface area contributed by atoms with Gasteiger partial charge in [-0.25, -0.2) is 0 Å². The minimum atomic E-state index is 0.708. The number of rotatable bonds is 4. The molecular formula is C25H21ClN2O2S. The van der Waals surface area contributed by atoms with Crippen LogP contribution in [0.3, 0.4) is 0 Å². The highest BCUT2D eigenvalue weighted by Crippen LogP contribution is 2.55. The molecule has 1 aliphatic heterocycles. The molecule has 1 aliphatic rings. The van der Waals surface area contributed by atoms with Crippen LogP contribution >= 0.6 is 23.4 Å². The van der Waals surface area contributed by atoms with E-state index < -0.39 is 0 Å². The lowest BCUT2D eigenvalue weighted by atomic mass is 10.0. The van der Waals surface area contributed by atoms with Crippen molar-refractivity contribution in [3.05, 3.63) is 71.2 Å². The van der Waals surface area contributed by atoms with Crippen molar-refractivity contribution in [3.63, 3.8) is 0 Å². The van der Waals surface area contributed by atoms with E-state index in [1.54, 1.807) is 26.0 Å². The van der Waals surface area contributed by atoms with Crippen LogP contribution in [-0.4, -0.2) is 14.2 Å². The molecule has 4 aromatic carbocycles. The van der Waals surface area contributed by atoms with E-state index >= 15 is 0 Å². The van der Waals surface area contributed by atoms with Crippen molar-refractivity contribution in [1.29, 1.82) is 0 Å². The highest BCUT2D eigenvalue weighted by atomic mass is 35.5. The minimum Gasteiger partial charge on any atom is -0.495 e. The SMILES string of the molecule is COc1ccc(C)cc1Nc1c2c(c3ccccc3c1OC)Nc1ccc(Cl)cc1S2. The van der Waals surface area contributed by atoms with Gasteiger partial charge in [-0.2, -0.15) is 0 Å². The molecule has 0 fully saturated rings. The number of hydrogen-bond donors (Lipinski definition) is 2. The third-order valence-electron chi connectivity index (χ3n) is 5.36. The number of halogens is 1. The van der Waals surface area contributed by atoms with Gasteiger partial charge in [-0.1, -0.05) is 53.7 Å². The van der Waals surface area contributed by atoms with E-state index in [2.05, 4.69) is 35.8 Å². The van der Waals surface area contributed by atoms with Gasteiger partial charge in [0, 0.05) is 20.7 Å². The monoisotopic (exact) mass is 448 g/mol. The molecule has 156 valence electrons. The molecule has 4 aromatic rings. The van der Waals surface area contributed by atoms with Crippen LogP contribution in [0.25, 0.3) is 10.8 Å². The van der Waals surface area contributed by atoms with E-state index in [-0.39, 0.29) is 0 Å². The van der Waals surface area contributed by atoms with Gasteiger partial charge in [0.2, 0.25) is 0 Å². The van der Waals surface area contributed by atoms with Crippen molar-refractivity contribution in [2.24, 2.45) is 0 Å². The number of aryl methyl sites for hydroxylation is 1. The van der Waals surface area contributed by atoms with Crippen molar-refractivity contribution in [2.45, 2.75) is 16.7 Å². The molecule has 0 aromatic heterocycles. The number of nitrogens with one attached hydrogen (secondary N) is 2. The lowest BCUT2D eigenvalue weighted by molar-refractivity contribution is 0.415. The maximum Gasteiger partial charge on any atom is 0.151 e. The second-order valence-corrected chi connectivity index (χ2v) is 8.84. The zero-order valence-electron chi connectivity index (χ0n) is 17.4. The normalized spacial score (nSPS) is 12.0. The fraction of sp³-hybridized carbons (Fsp3) is 0.120. The molecule has 0 bridgehead atoms. The topological polar surface area (TPSA) is 42.5 Å². The minimum absolute atomic E-state index is 0.708. The number of anilines is 4. The Labute approximate surface area is 190 Å². The van der Waals surface area contributed by atoms with Gasteiger partial charge in [-0.15, -0.1) is 0 Å². The van der Waals surface area contributed by atoms with Crippen LogP contribution in [0.15, 0.2) is 70.5 Å². The molecule has 0 saturated heterocycles. The fourth-order valence-electron chi connectivity index (χ4n) is 3.92. The summed E-state index contributed by atoms with van der Waals surface area (Å²) in [4.78, 5) is 2.12. The maximum absolute atomic E-state index is 6.29. The van der Waals surface area contributed by atoms with Gasteiger partial charge in [0.25, 0.3) is 0 Å². The Morgan fingerprint density at radius 3 is 2.52 bits per heavy atom. The molecule has 0 radical (unpaired) electrons. The number of ether oxygens (including phenoxy) is 2. The largest absolute Gasteiger partial charge is 0.495 e. The number of methoxy groups -OCH3 is 2. The molecule has 4 nitrogen and oxygen atoms in total. The van der Waals surface area contributed by atoms with E-state index in [9.17, 15) is 0 Å². The predicted octanol–water partition coefficient (Wildman–Crippen LogP) is 7.77. The highest BCUT2D eigenvalue weighted by molar-refractivity contribution is 8.00. The Hall–Kier alpha value is -3.02. The van der Waals surface area contributed by atoms with Crippen molar-refractivity contribution in [3.8, 4) is 11.5 Å². The van der Waals surface area contributed by atoms with Crippen molar-refractivity contribution in [2.75, 3.05) is 24.9 Å². The van der Waals surface area contributed by atoms with Crippen LogP contribution in [0.1, 0.15) is 5.56 Å². The molecule has 6 heteroatoms. The molecule has 2 N–H and O–H groups in total. The van der Waals surface area contributed by atoms with E-state index in [1.165, 1.54) is 0 Å². The van der Waals surface area contributed by atoms with E-state index in [1.807, 2.05) is 42.5 Å². The van der Waals surface area contributed by atoms with Crippen LogP contribution in [0.2, 0.25) is 5.02 Å². The second-order valence-electron chi connectivity index (χ2n) is 7.35. The summed E-state index contributed by atoms with van der Waals surface area (Å²) in [5.41, 5.74) is 5.00. The maximum atomic E-state index is 6.29. The van der Waals surface area contributed by atoms with Gasteiger partial charge in [0.05, 0.1) is 41.9 Å². The Kier molecular flexibility index (Phi) is 5.08. The summed E-state index contributed by atoms with van der Waals surface area (Å²) < 4.78 is 11.5. The first-order valence-corrected chi connectivity index (χ1v) is 11.1. The van der Waals surface area contributed by atoms with Gasteiger partial charge in [0.1, 0.15) is 5.75 Å². The summed E-state index contributed by atoms with van der Waals surface area (Å²) >= 11 is 7.96. The molecule has 0 atom stereocenters. The van der Waals surface area contributed by atoms with Gasteiger partial charge < -0.3 is 20.1 Å². The molecular weight excluding hydrogens is 428 g/mol. The molecule has 1 heterocycles. The van der Waals surface area contributed by atoms with Crippen molar-refractivity contribution in [1.82, 2.24) is 0 Å². The zero-order chi connectivity index (χ0) is 21.5. The fourth-order valence-corrected chi connectivity index (χ4v) is 5.30. The lowest BCUT2D eigenvalue weighted by Gasteiger charge is -2.27. The van der Waals surface area contributed by atoms with E-state index in [0.29, 0.717) is 5.02 Å². The molecule has 0 unspecified atom stereocenters. The summed E-state index contributed by atoms with van der Waals surface area (Å²) in [6, 6.07) is 20.2. The van der Waals surface area contributed by atoms with Gasteiger partial charge in [0.15, 0.2) is 5.75 Å². The molecule has 0 saturated carbocycles. The standard InChI is InChI=1S/C25H21ClN2O2S/c1-14-8-11-20(29-2)19(12-14)28-23-24(30-3)17-7-5-4-6-16(17)22-25(23)31-21-13-15(26)9-10-18(21)27-22/h4-13,27-28H,1-3H3. The first-order chi connectivity index (χ1) is 15.1. The number of benzene rings is 4. The lowest BCUT2D eigenvalue weighted by Crippen LogP contribution is -2.06. The number of hydrogen-bond acceptors (Lipinski definition) is 5. The van der Waals surface area contributed by atoms with Gasteiger partial charge in [-0.05, 0) is 42.8 Å². The Balaban J connectivity index is 1.77. The van der Waals surface area contributed by atoms with Gasteiger partial charge >= 0.3 is 0 Å². The van der Waals surface area contributed by atoms with Crippen molar-refractivity contribution < 1.29 is 9.47 Å². The summed E-state index contributed by atoms with van der Waals surface area (Å²) in [5, 5.41) is 10.1. The molecule has 31 heavy (non-hydrogen) atoms. The second kappa shape index (κ2) is 7.91. The average molecular weight is 449 g/mol. The van der Waals surface area contributed by atoms with Crippen LogP contribution < -0.4 is 20.1 Å². The van der Waals surface area contributed by atoms with E-state index in [4.69, 9.17) is 21.1 Å². The summed E-state index contributed by atoms with van der Waals surface area (Å²) in [6.07, 6.45) is 0. The molecule has 0 spiro atoms. The van der Waals surface area contributed by atoms with Crippen LogP contribution in [-0.2, 0) is 0 Å². The molecule has 0 amide bonds. The van der Waals surface area contributed by atoms with Crippen LogP contribution in [0.5, 0.6) is 11.5 Å². The van der Waals surface area contributed by atoms with E-state index in [0.717, 1.165) is 60.4 Å². The van der Waals surface area contributed by atoms with Crippen LogP contribution in [0, 0.1) is 6.92 Å². The average Bonchev–Trinajstić information content (AvgIpc) is 2.78. The summed E-state index contributed by atoms with van der Waals surface area (Å²) in [5.74, 6) is 1.56. The Bertz CT molecular complexity index is 1320. The first-order valence-electron chi connectivity index (χ1n) is 9.88. The number of fused-ring (bicyclic) bond motifs is 4. The predicted molar refractivity (Wildman–Crippen MR) is 130 cm³/mol. The Morgan fingerprint density at radius 2 is 1.74 bits per heavy atom. The molecule has 5 rings (SSSR count). The van der Waals surface area contributed by atoms with Crippen LogP contribution in [0.4, 0.5) is 22.7 Å². The summed E-state index contributed by atoms with van der Waals surface area (Å²) in [6.45, 7) is 2.06. The van der Waals surface area contributed by atoms with Gasteiger partial charge in [-0.3, -0.25) is 0 Å².